The zero-order chi connectivity index (χ0) is 20.1. The quantitative estimate of drug-likeness (QED) is 0.612. The second-order valence-corrected chi connectivity index (χ2v) is 12.1. The molecule has 1 saturated heterocycles. The highest BCUT2D eigenvalue weighted by molar-refractivity contribution is 9.10. The van der Waals surface area contributed by atoms with Gasteiger partial charge in [0.2, 0.25) is 5.91 Å². The highest BCUT2D eigenvalue weighted by Gasteiger charge is 2.60. The van der Waals surface area contributed by atoms with Crippen LogP contribution in [0.25, 0.3) is 0 Å². The van der Waals surface area contributed by atoms with E-state index in [2.05, 4.69) is 62.0 Å². The van der Waals surface area contributed by atoms with Gasteiger partial charge in [-0.15, -0.1) is 0 Å². The van der Waals surface area contributed by atoms with Crippen molar-refractivity contribution in [1.82, 2.24) is 15.8 Å². The number of nitrogens with one attached hydrogen (secondary N) is 2. The maximum absolute atomic E-state index is 13.5. The van der Waals surface area contributed by atoms with Gasteiger partial charge in [-0.3, -0.25) is 15.6 Å². The summed E-state index contributed by atoms with van der Waals surface area (Å²) in [6.07, 6.45) is 10.5. The second-order valence-electron chi connectivity index (χ2n) is 10.4. The van der Waals surface area contributed by atoms with E-state index >= 15 is 0 Å². The maximum Gasteiger partial charge on any atom is 0.228 e. The van der Waals surface area contributed by atoms with Gasteiger partial charge in [-0.25, -0.2) is 0 Å². The molecule has 2 N–H and O–H groups in total. The third kappa shape index (κ3) is 3.90. The fourth-order valence-electron chi connectivity index (χ4n) is 7.20. The van der Waals surface area contributed by atoms with Crippen LogP contribution in [-0.2, 0) is 4.79 Å². The summed E-state index contributed by atoms with van der Waals surface area (Å²) in [7, 11) is 2.04. The van der Waals surface area contributed by atoms with Gasteiger partial charge in [0.05, 0.1) is 5.41 Å². The summed E-state index contributed by atoms with van der Waals surface area (Å²) >= 11 is 4.05. The molecule has 4 aliphatic carbocycles. The Morgan fingerprint density at radius 1 is 1.10 bits per heavy atom. The van der Waals surface area contributed by atoms with Crippen molar-refractivity contribution in [2.75, 3.05) is 13.6 Å². The summed E-state index contributed by atoms with van der Waals surface area (Å²) in [6.45, 7) is 0.874. The zero-order valence-electron chi connectivity index (χ0n) is 17.5. The van der Waals surface area contributed by atoms with Crippen molar-refractivity contribution in [3.05, 3.63) is 35.9 Å². The number of amides is 1. The van der Waals surface area contributed by atoms with Crippen molar-refractivity contribution in [3.63, 3.8) is 0 Å². The first-order valence-corrected chi connectivity index (χ1v) is 12.2. The number of alkyl halides is 1. The number of carbonyl (C=O) groups excluding carboxylic acids is 1. The molecule has 5 fully saturated rings. The summed E-state index contributed by atoms with van der Waals surface area (Å²) in [5.41, 5.74) is 8.18. The first kappa shape index (κ1) is 20.0. The van der Waals surface area contributed by atoms with Crippen LogP contribution >= 0.6 is 15.9 Å². The molecule has 1 amide bonds. The molecule has 0 aromatic heterocycles. The zero-order valence-corrected chi connectivity index (χ0v) is 19.1. The number of carbonyl (C=O) groups is 1. The average molecular weight is 460 g/mol. The van der Waals surface area contributed by atoms with Gasteiger partial charge < -0.3 is 4.90 Å². The molecule has 5 aliphatic rings. The van der Waals surface area contributed by atoms with Crippen LogP contribution in [0.15, 0.2) is 30.3 Å². The van der Waals surface area contributed by atoms with Crippen LogP contribution in [-0.4, -0.2) is 34.8 Å². The average Bonchev–Trinajstić information content (AvgIpc) is 3.15. The number of halogens is 1. The molecule has 1 heterocycles. The maximum atomic E-state index is 13.5. The summed E-state index contributed by atoms with van der Waals surface area (Å²) in [5, 5.41) is 0. The largest absolute Gasteiger partial charge is 0.345 e. The highest BCUT2D eigenvalue weighted by Crippen LogP contribution is 2.64. The number of hydrogen-bond donors (Lipinski definition) is 2. The molecule has 5 heteroatoms. The third-order valence-electron chi connectivity index (χ3n) is 8.02. The van der Waals surface area contributed by atoms with Crippen LogP contribution in [0.5, 0.6) is 0 Å². The number of nitrogens with zero attached hydrogens (tertiary/aromatic N) is 1. The van der Waals surface area contributed by atoms with Gasteiger partial charge in [0.15, 0.2) is 0 Å². The smallest absolute Gasteiger partial charge is 0.228 e. The van der Waals surface area contributed by atoms with E-state index in [9.17, 15) is 4.79 Å². The van der Waals surface area contributed by atoms with Crippen LogP contribution in [0.1, 0.15) is 69.4 Å². The van der Waals surface area contributed by atoms with E-state index in [0.29, 0.717) is 18.0 Å². The molecule has 0 spiro atoms. The minimum Gasteiger partial charge on any atom is -0.345 e. The van der Waals surface area contributed by atoms with E-state index in [1.54, 1.807) is 0 Å². The number of benzene rings is 1. The Labute approximate surface area is 183 Å². The van der Waals surface area contributed by atoms with Crippen molar-refractivity contribution in [3.8, 4) is 0 Å². The summed E-state index contributed by atoms with van der Waals surface area (Å²) in [5.74, 6) is 1.95. The molecular formula is C24H34BrN3O. The predicted octanol–water partition coefficient (Wildman–Crippen LogP) is 4.57. The predicted molar refractivity (Wildman–Crippen MR) is 120 cm³/mol. The van der Waals surface area contributed by atoms with Crippen molar-refractivity contribution in [2.45, 2.75) is 74.2 Å². The Hall–Kier alpha value is -0.910. The first-order valence-electron chi connectivity index (χ1n) is 11.5. The van der Waals surface area contributed by atoms with Crippen molar-refractivity contribution >= 4 is 21.8 Å². The Morgan fingerprint density at radius 3 is 2.52 bits per heavy atom. The molecule has 4 atom stereocenters. The van der Waals surface area contributed by atoms with E-state index in [1.807, 2.05) is 7.05 Å². The third-order valence-corrected chi connectivity index (χ3v) is 8.95. The molecule has 0 radical (unpaired) electrons. The molecule has 4 bridgehead atoms. The Morgan fingerprint density at radius 2 is 1.83 bits per heavy atom. The van der Waals surface area contributed by atoms with Crippen LogP contribution in [0, 0.1) is 17.3 Å². The molecule has 158 valence electrons. The highest BCUT2D eigenvalue weighted by atomic mass is 79.9. The summed E-state index contributed by atoms with van der Waals surface area (Å²) in [6, 6.07) is 11.5. The lowest BCUT2D eigenvalue weighted by molar-refractivity contribution is -0.154. The Balaban J connectivity index is 1.12. The summed E-state index contributed by atoms with van der Waals surface area (Å²) in [4.78, 5) is 15.5. The lowest BCUT2D eigenvalue weighted by Crippen LogP contribution is -2.58. The van der Waals surface area contributed by atoms with Crippen molar-refractivity contribution in [1.29, 1.82) is 0 Å². The Bertz CT molecular complexity index is 740. The van der Waals surface area contributed by atoms with E-state index in [1.165, 1.54) is 24.8 Å². The van der Waals surface area contributed by atoms with E-state index in [4.69, 9.17) is 0 Å². The van der Waals surface area contributed by atoms with Crippen molar-refractivity contribution < 1.29 is 4.79 Å². The minimum absolute atomic E-state index is 0.0755. The molecule has 1 aliphatic heterocycles. The lowest BCUT2D eigenvalue weighted by atomic mass is 9.49. The number of hydrazine groups is 1. The SMILES string of the molecule is CN(CCCC1CC(c2ccccc2)NN1)C(=O)C12CC3CC(CC(Br)(C3)C1)C2. The molecule has 4 saturated carbocycles. The molecule has 1 aromatic rings. The standard InChI is InChI=1S/C24H34BrN3O/c1-28(9-5-8-20-11-21(27-26-20)19-6-3-2-4-7-19)22(29)23-12-17-10-18(13-23)15-24(25,14-17)16-23/h2-4,6-7,17-18,20-21,26-27H,5,8-16H2,1H3. The first-order chi connectivity index (χ1) is 13.9. The normalized spacial score (nSPS) is 40.3. The number of hydrogen-bond acceptors (Lipinski definition) is 3. The van der Waals surface area contributed by atoms with Gasteiger partial charge in [-0.1, -0.05) is 46.3 Å². The van der Waals surface area contributed by atoms with Gasteiger partial charge in [0.1, 0.15) is 0 Å². The number of rotatable bonds is 6. The van der Waals surface area contributed by atoms with E-state index in [-0.39, 0.29) is 9.74 Å². The lowest BCUT2D eigenvalue weighted by Gasteiger charge is -2.60. The molecule has 1 aromatic carbocycles. The molecule has 29 heavy (non-hydrogen) atoms. The van der Waals surface area contributed by atoms with E-state index in [0.717, 1.165) is 56.9 Å². The topological polar surface area (TPSA) is 44.4 Å². The van der Waals surface area contributed by atoms with Crippen LogP contribution < -0.4 is 10.9 Å². The molecule has 6 rings (SSSR count). The van der Waals surface area contributed by atoms with Gasteiger partial charge in [-0.2, -0.15) is 0 Å². The van der Waals surface area contributed by atoms with Gasteiger partial charge in [0.25, 0.3) is 0 Å². The second kappa shape index (κ2) is 7.65. The van der Waals surface area contributed by atoms with Gasteiger partial charge in [0, 0.05) is 30.0 Å². The molecule has 4 nitrogen and oxygen atoms in total. The fraction of sp³-hybridized carbons (Fsp3) is 0.708. The van der Waals surface area contributed by atoms with Gasteiger partial charge in [-0.05, 0) is 75.2 Å². The van der Waals surface area contributed by atoms with Gasteiger partial charge >= 0.3 is 0 Å². The summed E-state index contributed by atoms with van der Waals surface area (Å²) < 4.78 is 0.249. The van der Waals surface area contributed by atoms with Crippen LogP contribution in [0.3, 0.4) is 0 Å². The molecule has 4 unspecified atom stereocenters. The monoisotopic (exact) mass is 459 g/mol. The van der Waals surface area contributed by atoms with Crippen molar-refractivity contribution in [2.24, 2.45) is 17.3 Å². The van der Waals surface area contributed by atoms with Crippen LogP contribution in [0.4, 0.5) is 0 Å². The fourth-order valence-corrected chi connectivity index (χ4v) is 8.65. The Kier molecular flexibility index (Phi) is 5.28. The van der Waals surface area contributed by atoms with E-state index < -0.39 is 0 Å². The molecular weight excluding hydrogens is 426 g/mol. The minimum atomic E-state index is -0.0755. The van der Waals surface area contributed by atoms with Crippen LogP contribution in [0.2, 0.25) is 0 Å².